The highest BCUT2D eigenvalue weighted by Crippen LogP contribution is 2.22. The Morgan fingerprint density at radius 2 is 1.85 bits per heavy atom. The average Bonchev–Trinajstić information content (AvgIpc) is 2.40. The van der Waals surface area contributed by atoms with Crippen LogP contribution in [0.15, 0.2) is 24.3 Å². The summed E-state index contributed by atoms with van der Waals surface area (Å²) in [7, 11) is 0. The highest BCUT2D eigenvalue weighted by Gasteiger charge is 2.11. The van der Waals surface area contributed by atoms with Gasteiger partial charge >= 0.3 is 0 Å². The van der Waals surface area contributed by atoms with Gasteiger partial charge in [-0.15, -0.1) is 0 Å². The Labute approximate surface area is 121 Å². The predicted octanol–water partition coefficient (Wildman–Crippen LogP) is 1.64. The monoisotopic (exact) mass is 279 g/mol. The molecule has 3 N–H and O–H groups in total. The molecule has 20 heavy (non-hydrogen) atoms. The number of carbonyl (C=O) groups excluding carboxylic acids is 1. The molecule has 0 spiro atoms. The molecule has 5 nitrogen and oxygen atoms in total. The van der Waals surface area contributed by atoms with Crippen molar-refractivity contribution in [3.63, 3.8) is 0 Å². The van der Waals surface area contributed by atoms with Crippen LogP contribution in [0.2, 0.25) is 0 Å². The van der Waals surface area contributed by atoms with Crippen LogP contribution in [0.5, 0.6) is 0 Å². The van der Waals surface area contributed by atoms with Crippen LogP contribution in [0, 0.1) is 0 Å². The van der Waals surface area contributed by atoms with Gasteiger partial charge in [-0.05, 0) is 32.9 Å². The number of benzene rings is 1. The molecular formula is C15H25N3O2. The number of nitrogens with two attached hydrogens (primary N) is 1. The predicted molar refractivity (Wildman–Crippen MR) is 82.8 cm³/mol. The van der Waals surface area contributed by atoms with Gasteiger partial charge in [-0.1, -0.05) is 12.1 Å². The number of piperazine rings is 1. The molecule has 0 unspecified atom stereocenters. The van der Waals surface area contributed by atoms with E-state index in [-0.39, 0.29) is 5.60 Å². The van der Waals surface area contributed by atoms with Gasteiger partial charge in [0.1, 0.15) is 5.60 Å². The fraction of sp³-hybridized carbons (Fsp3) is 0.533. The molecule has 1 aliphatic heterocycles. The second-order valence-corrected chi connectivity index (χ2v) is 5.62. The second-order valence-electron chi connectivity index (χ2n) is 5.62. The first-order chi connectivity index (χ1) is 9.44. The van der Waals surface area contributed by atoms with Crippen LogP contribution in [-0.2, 0) is 9.53 Å². The van der Waals surface area contributed by atoms with Crippen molar-refractivity contribution in [1.82, 2.24) is 5.32 Å². The molecule has 0 amide bonds. The summed E-state index contributed by atoms with van der Waals surface area (Å²) in [4.78, 5) is 11.9. The van der Waals surface area contributed by atoms with E-state index in [1.807, 2.05) is 39.0 Å². The number of rotatable bonds is 2. The topological polar surface area (TPSA) is 67.6 Å². The van der Waals surface area contributed by atoms with Crippen LogP contribution in [0.25, 0.3) is 0 Å². The standard InChI is InChI=1S/C10H15N3.C5H10O2/c11-9-3-1-2-4-10(9)13-7-5-12-6-8-13;1-5(2,3)7-4-6/h1-4,12H,5-8,11H2;4H,1-3H3. The van der Waals surface area contributed by atoms with Crippen molar-refractivity contribution >= 4 is 17.8 Å². The van der Waals surface area contributed by atoms with E-state index >= 15 is 0 Å². The molecule has 0 radical (unpaired) electrons. The molecule has 0 bridgehead atoms. The summed E-state index contributed by atoms with van der Waals surface area (Å²) in [6, 6.07) is 8.05. The lowest BCUT2D eigenvalue weighted by Gasteiger charge is -2.30. The first-order valence-electron chi connectivity index (χ1n) is 6.85. The van der Waals surface area contributed by atoms with Crippen molar-refractivity contribution in [2.75, 3.05) is 36.8 Å². The molecule has 1 heterocycles. The smallest absolute Gasteiger partial charge is 0.293 e. The Morgan fingerprint density at radius 1 is 1.25 bits per heavy atom. The zero-order valence-corrected chi connectivity index (χ0v) is 12.6. The minimum Gasteiger partial charge on any atom is -0.462 e. The highest BCUT2D eigenvalue weighted by molar-refractivity contribution is 5.67. The summed E-state index contributed by atoms with van der Waals surface area (Å²) >= 11 is 0. The molecule has 112 valence electrons. The van der Waals surface area contributed by atoms with Crippen LogP contribution in [0.3, 0.4) is 0 Å². The zero-order chi connectivity index (χ0) is 15.0. The lowest BCUT2D eigenvalue weighted by atomic mass is 10.2. The van der Waals surface area contributed by atoms with Gasteiger partial charge in [0.05, 0.1) is 11.4 Å². The minimum absolute atomic E-state index is 0.318. The van der Waals surface area contributed by atoms with Crippen molar-refractivity contribution in [2.45, 2.75) is 26.4 Å². The van der Waals surface area contributed by atoms with Gasteiger partial charge in [0.25, 0.3) is 6.47 Å². The lowest BCUT2D eigenvalue weighted by Crippen LogP contribution is -2.43. The summed E-state index contributed by atoms with van der Waals surface area (Å²) in [5.74, 6) is 0. The maximum Gasteiger partial charge on any atom is 0.293 e. The van der Waals surface area contributed by atoms with E-state index in [1.165, 1.54) is 5.69 Å². The Hall–Kier alpha value is -1.75. The van der Waals surface area contributed by atoms with Gasteiger partial charge in [-0.25, -0.2) is 0 Å². The molecule has 1 aromatic carbocycles. The summed E-state index contributed by atoms with van der Waals surface area (Å²) in [6.07, 6.45) is 0. The zero-order valence-electron chi connectivity index (χ0n) is 12.6. The summed E-state index contributed by atoms with van der Waals surface area (Å²) in [6.45, 7) is 10.1. The minimum atomic E-state index is -0.318. The molecular weight excluding hydrogens is 254 g/mol. The van der Waals surface area contributed by atoms with Crippen molar-refractivity contribution in [2.24, 2.45) is 0 Å². The summed E-state index contributed by atoms with van der Waals surface area (Å²) < 4.78 is 4.55. The molecule has 1 aromatic rings. The van der Waals surface area contributed by atoms with E-state index in [1.54, 1.807) is 0 Å². The maximum atomic E-state index is 9.60. The van der Waals surface area contributed by atoms with Crippen LogP contribution < -0.4 is 16.0 Å². The molecule has 5 heteroatoms. The van der Waals surface area contributed by atoms with Crippen molar-refractivity contribution < 1.29 is 9.53 Å². The highest BCUT2D eigenvalue weighted by atomic mass is 16.5. The number of nitrogen functional groups attached to an aromatic ring is 1. The SMILES string of the molecule is CC(C)(C)OC=O.Nc1ccccc1N1CCNCC1. The van der Waals surface area contributed by atoms with E-state index in [0.29, 0.717) is 6.47 Å². The maximum absolute atomic E-state index is 9.60. The van der Waals surface area contributed by atoms with Gasteiger partial charge in [-0.2, -0.15) is 0 Å². The number of nitrogens with one attached hydrogen (secondary N) is 1. The van der Waals surface area contributed by atoms with Gasteiger partial charge in [0.15, 0.2) is 0 Å². The first kappa shape index (κ1) is 16.3. The number of para-hydroxylation sites is 2. The summed E-state index contributed by atoms with van der Waals surface area (Å²) in [5.41, 5.74) is 7.62. The lowest BCUT2D eigenvalue weighted by molar-refractivity contribution is -0.138. The molecule has 0 atom stereocenters. The molecule has 0 aliphatic carbocycles. The molecule has 1 aliphatic rings. The quantitative estimate of drug-likeness (QED) is 0.636. The van der Waals surface area contributed by atoms with Gasteiger partial charge in [0, 0.05) is 26.2 Å². The van der Waals surface area contributed by atoms with E-state index in [0.717, 1.165) is 31.9 Å². The molecule has 0 saturated carbocycles. The number of anilines is 2. The first-order valence-corrected chi connectivity index (χ1v) is 6.85. The van der Waals surface area contributed by atoms with Crippen LogP contribution in [0.1, 0.15) is 20.8 Å². The third-order valence-corrected chi connectivity index (χ3v) is 2.80. The fourth-order valence-electron chi connectivity index (χ4n) is 1.83. The number of ether oxygens (including phenoxy) is 1. The third kappa shape index (κ3) is 5.93. The number of hydrogen-bond acceptors (Lipinski definition) is 5. The molecule has 1 saturated heterocycles. The van der Waals surface area contributed by atoms with Gasteiger partial charge in [0.2, 0.25) is 0 Å². The van der Waals surface area contributed by atoms with E-state index in [4.69, 9.17) is 5.73 Å². The fourth-order valence-corrected chi connectivity index (χ4v) is 1.83. The van der Waals surface area contributed by atoms with E-state index < -0.39 is 0 Å². The number of nitrogens with zero attached hydrogens (tertiary/aromatic N) is 1. The van der Waals surface area contributed by atoms with E-state index in [9.17, 15) is 4.79 Å². The van der Waals surface area contributed by atoms with E-state index in [2.05, 4.69) is 21.0 Å². The third-order valence-electron chi connectivity index (χ3n) is 2.80. The van der Waals surface area contributed by atoms with Gasteiger partial charge < -0.3 is 20.7 Å². The second kappa shape index (κ2) is 7.75. The molecule has 2 rings (SSSR count). The largest absolute Gasteiger partial charge is 0.462 e. The molecule has 0 aromatic heterocycles. The van der Waals surface area contributed by atoms with Gasteiger partial charge in [-0.3, -0.25) is 4.79 Å². The van der Waals surface area contributed by atoms with Crippen molar-refractivity contribution in [3.8, 4) is 0 Å². The average molecular weight is 279 g/mol. The normalized spacial score (nSPS) is 15.1. The molecule has 1 fully saturated rings. The number of carbonyl (C=O) groups is 1. The Bertz CT molecular complexity index is 410. The van der Waals surface area contributed by atoms with Crippen molar-refractivity contribution in [3.05, 3.63) is 24.3 Å². The van der Waals surface area contributed by atoms with Crippen LogP contribution >= 0.6 is 0 Å². The Kier molecular flexibility index (Phi) is 6.31. The Balaban J connectivity index is 0.000000246. The number of hydrogen-bond donors (Lipinski definition) is 2. The van der Waals surface area contributed by atoms with Crippen molar-refractivity contribution in [1.29, 1.82) is 0 Å². The van der Waals surface area contributed by atoms with Crippen LogP contribution in [-0.4, -0.2) is 38.3 Å². The van der Waals surface area contributed by atoms with Crippen LogP contribution in [0.4, 0.5) is 11.4 Å². The Morgan fingerprint density at radius 3 is 2.30 bits per heavy atom. The summed E-state index contributed by atoms with van der Waals surface area (Å²) in [5, 5.41) is 3.32.